The zero-order valence-corrected chi connectivity index (χ0v) is 12.3. The average Bonchev–Trinajstić information content (AvgIpc) is 2.85. The molecule has 3 heterocycles. The van der Waals surface area contributed by atoms with Crippen LogP contribution in [0.1, 0.15) is 15.4 Å². The third kappa shape index (κ3) is 2.57. The Morgan fingerprint density at radius 2 is 2.05 bits per heavy atom. The number of aromatic nitrogens is 2. The minimum absolute atomic E-state index is 0.110. The van der Waals surface area contributed by atoms with E-state index in [4.69, 9.17) is 5.73 Å². The van der Waals surface area contributed by atoms with E-state index in [1.54, 1.807) is 24.3 Å². The Morgan fingerprint density at radius 1 is 1.24 bits per heavy atom. The Hall–Kier alpha value is -2.47. The summed E-state index contributed by atoms with van der Waals surface area (Å²) in [5.74, 6) is -0.110. The third-order valence-corrected chi connectivity index (χ3v) is 4.30. The molecule has 0 unspecified atom stereocenters. The molecule has 21 heavy (non-hydrogen) atoms. The molecule has 0 saturated carbocycles. The standard InChI is InChI=1S/C15H14N4OS/c1-19(9-10-5-2-3-7-17-10)15(20)14-12(16)13-11(21-14)6-4-8-18-13/h2-8H,9,16H2,1H3. The number of hydrogen-bond acceptors (Lipinski definition) is 5. The summed E-state index contributed by atoms with van der Waals surface area (Å²) < 4.78 is 0.921. The summed E-state index contributed by atoms with van der Waals surface area (Å²) in [5, 5.41) is 0. The number of nitrogen functional groups attached to an aromatic ring is 1. The lowest BCUT2D eigenvalue weighted by molar-refractivity contribution is 0.0789. The molecule has 0 bridgehead atoms. The highest BCUT2D eigenvalue weighted by molar-refractivity contribution is 7.21. The fourth-order valence-electron chi connectivity index (χ4n) is 2.09. The van der Waals surface area contributed by atoms with Crippen LogP contribution in [-0.4, -0.2) is 27.8 Å². The highest BCUT2D eigenvalue weighted by atomic mass is 32.1. The van der Waals surface area contributed by atoms with E-state index in [2.05, 4.69) is 9.97 Å². The summed E-state index contributed by atoms with van der Waals surface area (Å²) in [6.07, 6.45) is 3.39. The van der Waals surface area contributed by atoms with Gasteiger partial charge in [0.15, 0.2) is 0 Å². The van der Waals surface area contributed by atoms with Crippen molar-refractivity contribution in [2.45, 2.75) is 6.54 Å². The minimum atomic E-state index is -0.110. The lowest BCUT2D eigenvalue weighted by Crippen LogP contribution is -2.26. The summed E-state index contributed by atoms with van der Waals surface area (Å²) in [5.41, 5.74) is 8.04. The largest absolute Gasteiger partial charge is 0.396 e. The van der Waals surface area contributed by atoms with Crippen LogP contribution in [0.3, 0.4) is 0 Å². The Morgan fingerprint density at radius 3 is 2.76 bits per heavy atom. The van der Waals surface area contributed by atoms with Crippen molar-refractivity contribution in [3.63, 3.8) is 0 Å². The SMILES string of the molecule is CN(Cc1ccccn1)C(=O)c1sc2cccnc2c1N. The topological polar surface area (TPSA) is 72.1 Å². The fraction of sp³-hybridized carbons (Fsp3) is 0.133. The summed E-state index contributed by atoms with van der Waals surface area (Å²) in [4.78, 5) is 23.1. The van der Waals surface area contributed by atoms with E-state index in [0.717, 1.165) is 10.4 Å². The quantitative estimate of drug-likeness (QED) is 0.806. The molecule has 0 atom stereocenters. The van der Waals surface area contributed by atoms with Gasteiger partial charge in [-0.3, -0.25) is 14.8 Å². The first-order valence-corrected chi connectivity index (χ1v) is 7.27. The van der Waals surface area contributed by atoms with Crippen LogP contribution < -0.4 is 5.73 Å². The molecule has 106 valence electrons. The maximum Gasteiger partial charge on any atom is 0.266 e. The predicted molar refractivity (Wildman–Crippen MR) is 84.1 cm³/mol. The molecule has 0 spiro atoms. The van der Waals surface area contributed by atoms with Crippen molar-refractivity contribution in [1.82, 2.24) is 14.9 Å². The van der Waals surface area contributed by atoms with Gasteiger partial charge in [-0.1, -0.05) is 6.07 Å². The number of carbonyl (C=O) groups is 1. The number of hydrogen-bond donors (Lipinski definition) is 1. The van der Waals surface area contributed by atoms with Crippen molar-refractivity contribution in [2.24, 2.45) is 0 Å². The number of rotatable bonds is 3. The summed E-state index contributed by atoms with van der Waals surface area (Å²) in [7, 11) is 1.74. The molecule has 3 aromatic heterocycles. The Balaban J connectivity index is 1.88. The van der Waals surface area contributed by atoms with Crippen molar-refractivity contribution in [1.29, 1.82) is 0 Å². The average molecular weight is 298 g/mol. The van der Waals surface area contributed by atoms with Gasteiger partial charge in [-0.15, -0.1) is 11.3 Å². The first kappa shape index (κ1) is 13.5. The summed E-state index contributed by atoms with van der Waals surface area (Å²) in [6, 6.07) is 9.39. The Bertz CT molecular complexity index is 785. The van der Waals surface area contributed by atoms with Gasteiger partial charge in [0.25, 0.3) is 5.91 Å². The lowest BCUT2D eigenvalue weighted by atomic mass is 10.3. The normalized spacial score (nSPS) is 10.7. The lowest BCUT2D eigenvalue weighted by Gasteiger charge is -2.16. The van der Waals surface area contributed by atoms with Gasteiger partial charge in [0.2, 0.25) is 0 Å². The van der Waals surface area contributed by atoms with Crippen molar-refractivity contribution in [2.75, 3.05) is 12.8 Å². The molecular weight excluding hydrogens is 284 g/mol. The molecular formula is C15H14N4OS. The number of carbonyl (C=O) groups excluding carboxylic acids is 1. The second-order valence-corrected chi connectivity index (χ2v) is 5.73. The van der Waals surface area contributed by atoms with Crippen LogP contribution in [0.2, 0.25) is 0 Å². The predicted octanol–water partition coefficient (Wildman–Crippen LogP) is 2.55. The molecule has 0 aromatic carbocycles. The smallest absolute Gasteiger partial charge is 0.266 e. The van der Waals surface area contributed by atoms with Gasteiger partial charge in [-0.05, 0) is 24.3 Å². The first-order valence-electron chi connectivity index (χ1n) is 6.45. The molecule has 0 aliphatic rings. The van der Waals surface area contributed by atoms with Gasteiger partial charge < -0.3 is 10.6 Å². The molecule has 0 aliphatic heterocycles. The molecule has 0 radical (unpaired) electrons. The van der Waals surface area contributed by atoms with Gasteiger partial charge in [-0.2, -0.15) is 0 Å². The van der Waals surface area contributed by atoms with Crippen LogP contribution in [-0.2, 0) is 6.54 Å². The van der Waals surface area contributed by atoms with E-state index in [9.17, 15) is 4.79 Å². The van der Waals surface area contributed by atoms with E-state index < -0.39 is 0 Å². The first-order chi connectivity index (χ1) is 10.2. The van der Waals surface area contributed by atoms with Crippen LogP contribution in [0.15, 0.2) is 42.7 Å². The highest BCUT2D eigenvalue weighted by Crippen LogP contribution is 2.32. The minimum Gasteiger partial charge on any atom is -0.396 e. The Labute approximate surface area is 126 Å². The maximum absolute atomic E-state index is 12.5. The molecule has 6 heteroatoms. The van der Waals surface area contributed by atoms with Gasteiger partial charge >= 0.3 is 0 Å². The number of nitrogens with two attached hydrogens (primary N) is 1. The summed E-state index contributed by atoms with van der Waals surface area (Å²) >= 11 is 1.37. The molecule has 2 N–H and O–H groups in total. The van der Waals surface area contributed by atoms with Gasteiger partial charge in [-0.25, -0.2) is 0 Å². The second-order valence-electron chi connectivity index (χ2n) is 4.68. The van der Waals surface area contributed by atoms with Crippen molar-refractivity contribution < 1.29 is 4.79 Å². The van der Waals surface area contributed by atoms with Crippen LogP contribution in [0, 0.1) is 0 Å². The number of fused-ring (bicyclic) bond motifs is 1. The number of amides is 1. The van der Waals surface area contributed by atoms with Gasteiger partial charge in [0.1, 0.15) is 10.4 Å². The van der Waals surface area contributed by atoms with Crippen molar-refractivity contribution in [3.05, 3.63) is 53.3 Å². The molecule has 0 aliphatic carbocycles. The van der Waals surface area contributed by atoms with Crippen molar-refractivity contribution in [3.8, 4) is 0 Å². The zero-order valence-electron chi connectivity index (χ0n) is 11.5. The van der Waals surface area contributed by atoms with Crippen LogP contribution in [0.25, 0.3) is 10.2 Å². The molecule has 0 saturated heterocycles. The number of anilines is 1. The van der Waals surface area contributed by atoms with E-state index in [-0.39, 0.29) is 5.91 Å². The van der Waals surface area contributed by atoms with Gasteiger partial charge in [0.05, 0.1) is 22.6 Å². The second kappa shape index (κ2) is 5.49. The van der Waals surface area contributed by atoms with E-state index >= 15 is 0 Å². The third-order valence-electron chi connectivity index (χ3n) is 3.15. The molecule has 3 rings (SSSR count). The van der Waals surface area contributed by atoms with Crippen LogP contribution >= 0.6 is 11.3 Å². The zero-order chi connectivity index (χ0) is 14.8. The molecule has 1 amide bonds. The van der Waals surface area contributed by atoms with Crippen LogP contribution in [0.5, 0.6) is 0 Å². The van der Waals surface area contributed by atoms with E-state index in [0.29, 0.717) is 22.6 Å². The molecule has 3 aromatic rings. The number of thiophene rings is 1. The fourth-order valence-corrected chi connectivity index (χ4v) is 3.16. The summed E-state index contributed by atoms with van der Waals surface area (Å²) in [6.45, 7) is 0.445. The van der Waals surface area contributed by atoms with Crippen LogP contribution in [0.4, 0.5) is 5.69 Å². The monoisotopic (exact) mass is 298 g/mol. The van der Waals surface area contributed by atoms with E-state index in [1.165, 1.54) is 11.3 Å². The van der Waals surface area contributed by atoms with Gasteiger partial charge in [0, 0.05) is 19.4 Å². The van der Waals surface area contributed by atoms with Crippen molar-refractivity contribution >= 4 is 33.1 Å². The number of pyridine rings is 2. The Kier molecular flexibility index (Phi) is 3.53. The highest BCUT2D eigenvalue weighted by Gasteiger charge is 2.20. The number of nitrogens with zero attached hydrogens (tertiary/aromatic N) is 3. The molecule has 5 nitrogen and oxygen atoms in total. The maximum atomic E-state index is 12.5. The molecule has 0 fully saturated rings. The van der Waals surface area contributed by atoms with E-state index in [1.807, 2.05) is 30.3 Å².